The molecule has 1 aromatic rings. The third-order valence-corrected chi connectivity index (χ3v) is 3.68. The summed E-state index contributed by atoms with van der Waals surface area (Å²) in [5.74, 6) is 2.19. The van der Waals surface area contributed by atoms with Gasteiger partial charge in [0.15, 0.2) is 0 Å². The fourth-order valence-corrected chi connectivity index (χ4v) is 2.80. The van der Waals surface area contributed by atoms with E-state index in [0.29, 0.717) is 6.04 Å². The fourth-order valence-electron chi connectivity index (χ4n) is 2.11. The molecule has 1 aliphatic heterocycles. The van der Waals surface area contributed by atoms with Crippen molar-refractivity contribution < 1.29 is 4.74 Å². The van der Waals surface area contributed by atoms with Crippen molar-refractivity contribution in [2.45, 2.75) is 18.9 Å². The molecule has 0 saturated carbocycles. The lowest BCUT2D eigenvalue weighted by Gasteiger charge is -2.21. The average Bonchev–Trinajstić information content (AvgIpc) is 2.35. The van der Waals surface area contributed by atoms with Gasteiger partial charge in [0, 0.05) is 11.8 Å². The molecule has 0 spiro atoms. The van der Waals surface area contributed by atoms with Crippen LogP contribution in [0.25, 0.3) is 0 Å². The van der Waals surface area contributed by atoms with Gasteiger partial charge in [-0.15, -0.1) is 0 Å². The van der Waals surface area contributed by atoms with E-state index in [2.05, 4.69) is 29.8 Å². The largest absolute Gasteiger partial charge is 0.493 e. The van der Waals surface area contributed by atoms with Gasteiger partial charge in [-0.25, -0.2) is 0 Å². The minimum atomic E-state index is 0.447. The van der Waals surface area contributed by atoms with Crippen molar-refractivity contribution in [3.05, 3.63) is 29.3 Å². The number of hydrogen-bond donors (Lipinski definition) is 1. The molecule has 0 aromatic heterocycles. The van der Waals surface area contributed by atoms with E-state index in [1.165, 1.54) is 11.1 Å². The Labute approximate surface area is 102 Å². The maximum Gasteiger partial charge on any atom is 0.122 e. The Morgan fingerprint density at radius 2 is 2.38 bits per heavy atom. The van der Waals surface area contributed by atoms with Crippen LogP contribution in [-0.4, -0.2) is 25.7 Å². The van der Waals surface area contributed by atoms with Crippen LogP contribution in [0.3, 0.4) is 0 Å². The van der Waals surface area contributed by atoms with Crippen LogP contribution in [0, 0.1) is 0 Å². The minimum absolute atomic E-state index is 0.447. The fraction of sp³-hybridized carbons (Fsp3) is 0.538. The van der Waals surface area contributed by atoms with Crippen molar-refractivity contribution in [2.75, 3.05) is 25.7 Å². The van der Waals surface area contributed by atoms with Gasteiger partial charge in [-0.05, 0) is 43.3 Å². The van der Waals surface area contributed by atoms with Gasteiger partial charge in [0.1, 0.15) is 5.75 Å². The van der Waals surface area contributed by atoms with Crippen LogP contribution in [0.4, 0.5) is 0 Å². The van der Waals surface area contributed by atoms with Crippen LogP contribution in [0.1, 0.15) is 23.6 Å². The summed E-state index contributed by atoms with van der Waals surface area (Å²) in [6, 6.07) is 7.05. The van der Waals surface area contributed by atoms with E-state index >= 15 is 0 Å². The molecule has 0 radical (unpaired) electrons. The lowest BCUT2D eigenvalue weighted by molar-refractivity contribution is 0.288. The second-order valence-corrected chi connectivity index (χ2v) is 5.03. The van der Waals surface area contributed by atoms with Crippen LogP contribution >= 0.6 is 11.8 Å². The monoisotopic (exact) mass is 237 g/mol. The van der Waals surface area contributed by atoms with E-state index in [1.54, 1.807) is 0 Å². The summed E-state index contributed by atoms with van der Waals surface area (Å²) in [6.07, 6.45) is 4.44. The van der Waals surface area contributed by atoms with Gasteiger partial charge in [-0.3, -0.25) is 0 Å². The molecule has 1 aromatic carbocycles. The molecule has 88 valence electrons. The van der Waals surface area contributed by atoms with Gasteiger partial charge in [0.25, 0.3) is 0 Å². The minimum Gasteiger partial charge on any atom is -0.493 e. The summed E-state index contributed by atoms with van der Waals surface area (Å²) in [5.41, 5.74) is 2.74. The van der Waals surface area contributed by atoms with Crippen molar-refractivity contribution in [3.8, 4) is 5.75 Å². The van der Waals surface area contributed by atoms with Crippen LogP contribution < -0.4 is 10.1 Å². The van der Waals surface area contributed by atoms with Gasteiger partial charge >= 0.3 is 0 Å². The lowest BCUT2D eigenvalue weighted by Crippen LogP contribution is -2.19. The van der Waals surface area contributed by atoms with E-state index in [-0.39, 0.29) is 0 Å². The molecule has 0 bridgehead atoms. The van der Waals surface area contributed by atoms with Gasteiger partial charge in [0.05, 0.1) is 6.61 Å². The third kappa shape index (κ3) is 2.53. The number of hydrogen-bond acceptors (Lipinski definition) is 3. The average molecular weight is 237 g/mol. The molecule has 1 heterocycles. The number of rotatable bonds is 4. The third-order valence-electron chi connectivity index (χ3n) is 3.02. The predicted molar refractivity (Wildman–Crippen MR) is 70.4 cm³/mol. The molecular weight excluding hydrogens is 218 g/mol. The number of ether oxygens (including phenoxy) is 1. The first-order valence-corrected chi connectivity index (χ1v) is 7.16. The second kappa shape index (κ2) is 5.60. The molecule has 1 N–H and O–H groups in total. The number of benzene rings is 1. The highest BCUT2D eigenvalue weighted by Crippen LogP contribution is 2.28. The molecular formula is C13H19NOS. The maximum atomic E-state index is 5.63. The molecule has 2 nitrogen and oxygen atoms in total. The molecule has 2 rings (SSSR count). The van der Waals surface area contributed by atoms with Gasteiger partial charge in [-0.2, -0.15) is 11.8 Å². The number of nitrogens with one attached hydrogen (secondary N) is 1. The standard InChI is InChI=1S/C13H19NOS/c1-14-12(9-16-2)10-5-6-13-11(8-10)4-3-7-15-13/h5-6,8,12,14H,3-4,7,9H2,1-2H3. The highest BCUT2D eigenvalue weighted by molar-refractivity contribution is 7.98. The topological polar surface area (TPSA) is 21.3 Å². The highest BCUT2D eigenvalue weighted by atomic mass is 32.2. The van der Waals surface area contributed by atoms with Gasteiger partial charge < -0.3 is 10.1 Å². The zero-order valence-electron chi connectivity index (χ0n) is 9.95. The zero-order valence-corrected chi connectivity index (χ0v) is 10.8. The van der Waals surface area contributed by atoms with Crippen LogP contribution in [0.5, 0.6) is 5.75 Å². The smallest absolute Gasteiger partial charge is 0.122 e. The molecule has 3 heteroatoms. The molecule has 1 unspecified atom stereocenters. The second-order valence-electron chi connectivity index (χ2n) is 4.12. The first kappa shape index (κ1) is 11.8. The van der Waals surface area contributed by atoms with Crippen LogP contribution in [-0.2, 0) is 6.42 Å². The molecule has 0 amide bonds. The van der Waals surface area contributed by atoms with Crippen LogP contribution in [0.15, 0.2) is 18.2 Å². The molecule has 0 saturated heterocycles. The quantitative estimate of drug-likeness (QED) is 0.870. The van der Waals surface area contributed by atoms with E-state index < -0.39 is 0 Å². The number of aryl methyl sites for hydroxylation is 1. The Balaban J connectivity index is 2.21. The van der Waals surface area contributed by atoms with E-state index in [4.69, 9.17) is 4.74 Å². The van der Waals surface area contributed by atoms with E-state index in [0.717, 1.165) is 31.0 Å². The van der Waals surface area contributed by atoms with E-state index in [1.807, 2.05) is 18.8 Å². The Morgan fingerprint density at radius 1 is 1.50 bits per heavy atom. The Bertz CT molecular complexity index is 354. The van der Waals surface area contributed by atoms with Crippen molar-refractivity contribution in [2.24, 2.45) is 0 Å². The molecule has 0 aliphatic carbocycles. The summed E-state index contributed by atoms with van der Waals surface area (Å²) in [4.78, 5) is 0. The normalized spacial score (nSPS) is 16.4. The van der Waals surface area contributed by atoms with Crippen molar-refractivity contribution in [3.63, 3.8) is 0 Å². The van der Waals surface area contributed by atoms with Crippen molar-refractivity contribution >= 4 is 11.8 Å². The van der Waals surface area contributed by atoms with Crippen LogP contribution in [0.2, 0.25) is 0 Å². The zero-order chi connectivity index (χ0) is 11.4. The highest BCUT2D eigenvalue weighted by Gasteiger charge is 2.14. The number of thioether (sulfide) groups is 1. The Morgan fingerprint density at radius 3 is 3.12 bits per heavy atom. The van der Waals surface area contributed by atoms with Gasteiger partial charge in [0.2, 0.25) is 0 Å². The molecule has 0 fully saturated rings. The van der Waals surface area contributed by atoms with Crippen molar-refractivity contribution in [1.29, 1.82) is 0 Å². The first-order valence-electron chi connectivity index (χ1n) is 5.77. The lowest BCUT2D eigenvalue weighted by atomic mass is 10.00. The predicted octanol–water partition coefficient (Wildman–Crippen LogP) is 2.64. The molecule has 1 aliphatic rings. The Hall–Kier alpha value is -0.670. The van der Waals surface area contributed by atoms with Crippen molar-refractivity contribution in [1.82, 2.24) is 5.32 Å². The SMILES string of the molecule is CNC(CSC)c1ccc2c(c1)CCCO2. The molecule has 1 atom stereocenters. The first-order chi connectivity index (χ1) is 7.85. The Kier molecular flexibility index (Phi) is 4.13. The summed E-state index contributed by atoms with van der Waals surface area (Å²) in [6.45, 7) is 0.868. The molecule has 16 heavy (non-hydrogen) atoms. The summed E-state index contributed by atoms with van der Waals surface area (Å²) in [5, 5.41) is 3.36. The summed E-state index contributed by atoms with van der Waals surface area (Å²) >= 11 is 1.87. The number of fused-ring (bicyclic) bond motifs is 1. The maximum absolute atomic E-state index is 5.63. The summed E-state index contributed by atoms with van der Waals surface area (Å²) < 4.78 is 5.63. The van der Waals surface area contributed by atoms with Gasteiger partial charge in [-0.1, -0.05) is 12.1 Å². The van der Waals surface area contributed by atoms with E-state index in [9.17, 15) is 0 Å². The summed E-state index contributed by atoms with van der Waals surface area (Å²) in [7, 11) is 2.02.